The molecule has 6 heteroatoms. The van der Waals surface area contributed by atoms with E-state index in [4.69, 9.17) is 0 Å². The number of nitrogens with one attached hydrogen (secondary N) is 1. The molecule has 0 spiro atoms. The standard InChI is InChI=1S/C14H18N4O.ClH/c1-4-10-7-6-8-11(5-2)12(10)18-9-16-13(15-3)17-14(18)19;/h6-9H,4-5H2,1-3H3,(H,15,17,19);1H. The SMILES string of the molecule is CCc1cccc(CC)c1-n1cnc(NC)nc1=O.Cl. The van der Waals surface area contributed by atoms with E-state index in [1.54, 1.807) is 7.05 Å². The topological polar surface area (TPSA) is 59.8 Å². The monoisotopic (exact) mass is 294 g/mol. The van der Waals surface area contributed by atoms with Crippen molar-refractivity contribution >= 4 is 18.4 Å². The zero-order valence-electron chi connectivity index (χ0n) is 11.9. The lowest BCUT2D eigenvalue weighted by molar-refractivity contribution is 0.837. The molecule has 0 saturated heterocycles. The molecule has 108 valence electrons. The average Bonchev–Trinajstić information content (AvgIpc) is 2.46. The number of benzene rings is 1. The summed E-state index contributed by atoms with van der Waals surface area (Å²) >= 11 is 0. The Hall–Kier alpha value is -1.88. The van der Waals surface area contributed by atoms with Gasteiger partial charge in [-0.2, -0.15) is 4.98 Å². The second kappa shape index (κ2) is 7.05. The predicted molar refractivity (Wildman–Crippen MR) is 83.2 cm³/mol. The normalized spacial score (nSPS) is 9.95. The van der Waals surface area contributed by atoms with Crippen LogP contribution in [0.4, 0.5) is 5.95 Å². The minimum Gasteiger partial charge on any atom is -0.357 e. The number of anilines is 1. The van der Waals surface area contributed by atoms with Crippen molar-refractivity contribution in [2.45, 2.75) is 26.7 Å². The van der Waals surface area contributed by atoms with E-state index < -0.39 is 0 Å². The van der Waals surface area contributed by atoms with Gasteiger partial charge in [-0.05, 0) is 24.0 Å². The number of hydrogen-bond acceptors (Lipinski definition) is 4. The maximum Gasteiger partial charge on any atom is 0.356 e. The number of hydrogen-bond donors (Lipinski definition) is 1. The first-order chi connectivity index (χ1) is 9.21. The highest BCUT2D eigenvalue weighted by molar-refractivity contribution is 5.85. The summed E-state index contributed by atoms with van der Waals surface area (Å²) in [4.78, 5) is 20.1. The van der Waals surface area contributed by atoms with Gasteiger partial charge in [0.05, 0.1) is 5.69 Å². The van der Waals surface area contributed by atoms with Crippen molar-refractivity contribution in [1.82, 2.24) is 14.5 Å². The van der Waals surface area contributed by atoms with E-state index in [-0.39, 0.29) is 18.1 Å². The minimum absolute atomic E-state index is 0. The van der Waals surface area contributed by atoms with Gasteiger partial charge in [0, 0.05) is 7.05 Å². The number of aryl methyl sites for hydroxylation is 2. The molecular formula is C14H19ClN4O. The molecule has 1 N–H and O–H groups in total. The summed E-state index contributed by atoms with van der Waals surface area (Å²) in [5.41, 5.74) is 2.86. The molecule has 5 nitrogen and oxygen atoms in total. The Kier molecular flexibility index (Phi) is 5.70. The highest BCUT2D eigenvalue weighted by Crippen LogP contribution is 2.19. The van der Waals surface area contributed by atoms with E-state index >= 15 is 0 Å². The molecule has 0 radical (unpaired) electrons. The second-order valence-electron chi connectivity index (χ2n) is 4.21. The van der Waals surface area contributed by atoms with Crippen molar-refractivity contribution in [1.29, 1.82) is 0 Å². The van der Waals surface area contributed by atoms with Gasteiger partial charge in [0.2, 0.25) is 5.95 Å². The highest BCUT2D eigenvalue weighted by Gasteiger charge is 2.11. The zero-order chi connectivity index (χ0) is 13.8. The number of aromatic nitrogens is 3. The number of para-hydroxylation sites is 1. The van der Waals surface area contributed by atoms with Gasteiger partial charge in [-0.1, -0.05) is 32.0 Å². The maximum absolute atomic E-state index is 12.1. The lowest BCUT2D eigenvalue weighted by atomic mass is 10.0. The molecule has 0 bridgehead atoms. The quantitative estimate of drug-likeness (QED) is 0.939. The molecule has 0 aliphatic carbocycles. The first-order valence-corrected chi connectivity index (χ1v) is 6.45. The Morgan fingerprint density at radius 1 is 1.20 bits per heavy atom. The Morgan fingerprint density at radius 2 is 1.80 bits per heavy atom. The van der Waals surface area contributed by atoms with Crippen molar-refractivity contribution < 1.29 is 0 Å². The minimum atomic E-state index is -0.310. The summed E-state index contributed by atoms with van der Waals surface area (Å²) in [6.45, 7) is 4.15. The van der Waals surface area contributed by atoms with Crippen molar-refractivity contribution in [3.05, 3.63) is 46.1 Å². The van der Waals surface area contributed by atoms with Crippen molar-refractivity contribution in [3.8, 4) is 5.69 Å². The summed E-state index contributed by atoms with van der Waals surface area (Å²) in [6, 6.07) is 6.09. The van der Waals surface area contributed by atoms with Crippen LogP contribution in [0.25, 0.3) is 5.69 Å². The van der Waals surface area contributed by atoms with Crippen molar-refractivity contribution in [2.24, 2.45) is 0 Å². The van der Waals surface area contributed by atoms with E-state index in [1.165, 1.54) is 10.9 Å². The van der Waals surface area contributed by atoms with Crippen LogP contribution in [0, 0.1) is 0 Å². The molecule has 2 aromatic rings. The van der Waals surface area contributed by atoms with E-state index in [1.807, 2.05) is 18.2 Å². The van der Waals surface area contributed by atoms with E-state index in [0.29, 0.717) is 5.95 Å². The van der Waals surface area contributed by atoms with E-state index in [0.717, 1.165) is 29.7 Å². The van der Waals surface area contributed by atoms with E-state index in [9.17, 15) is 4.79 Å². The molecule has 1 aromatic heterocycles. The fourth-order valence-electron chi connectivity index (χ4n) is 2.13. The molecule has 0 fully saturated rings. The number of rotatable bonds is 4. The Bertz CT molecular complexity index is 617. The van der Waals surface area contributed by atoms with Crippen molar-refractivity contribution in [3.63, 3.8) is 0 Å². The molecule has 0 atom stereocenters. The molecule has 20 heavy (non-hydrogen) atoms. The van der Waals surface area contributed by atoms with Gasteiger partial charge < -0.3 is 5.32 Å². The number of halogens is 1. The van der Waals surface area contributed by atoms with Crippen LogP contribution in [-0.4, -0.2) is 21.6 Å². The number of nitrogens with zero attached hydrogens (tertiary/aromatic N) is 3. The molecule has 0 amide bonds. The Morgan fingerprint density at radius 3 is 2.25 bits per heavy atom. The molecule has 1 aromatic carbocycles. The second-order valence-corrected chi connectivity index (χ2v) is 4.21. The summed E-state index contributed by atoms with van der Waals surface area (Å²) in [5.74, 6) is 0.341. The van der Waals surface area contributed by atoms with Gasteiger partial charge in [0.1, 0.15) is 6.33 Å². The summed E-state index contributed by atoms with van der Waals surface area (Å²) < 4.78 is 1.53. The van der Waals surface area contributed by atoms with Crippen LogP contribution in [0.5, 0.6) is 0 Å². The van der Waals surface area contributed by atoms with Crippen LogP contribution in [0.3, 0.4) is 0 Å². The Balaban J connectivity index is 0.00000200. The molecule has 0 aliphatic heterocycles. The molecule has 1 heterocycles. The first kappa shape index (κ1) is 16.2. The van der Waals surface area contributed by atoms with Gasteiger partial charge in [-0.25, -0.2) is 9.78 Å². The summed E-state index contributed by atoms with van der Waals surface area (Å²) in [7, 11) is 1.69. The molecule has 0 aliphatic rings. The lowest BCUT2D eigenvalue weighted by Crippen LogP contribution is -2.24. The lowest BCUT2D eigenvalue weighted by Gasteiger charge is -2.14. The van der Waals surface area contributed by atoms with Crippen LogP contribution in [0.2, 0.25) is 0 Å². The first-order valence-electron chi connectivity index (χ1n) is 6.45. The van der Waals surface area contributed by atoms with Crippen LogP contribution in [0.1, 0.15) is 25.0 Å². The van der Waals surface area contributed by atoms with Gasteiger partial charge in [0.15, 0.2) is 0 Å². The van der Waals surface area contributed by atoms with Crippen LogP contribution in [0.15, 0.2) is 29.3 Å². The average molecular weight is 295 g/mol. The maximum atomic E-state index is 12.1. The van der Waals surface area contributed by atoms with Crippen molar-refractivity contribution in [2.75, 3.05) is 12.4 Å². The summed E-state index contributed by atoms with van der Waals surface area (Å²) in [5, 5.41) is 2.77. The van der Waals surface area contributed by atoms with Gasteiger partial charge in [-0.15, -0.1) is 12.4 Å². The van der Waals surface area contributed by atoms with Crippen LogP contribution in [-0.2, 0) is 12.8 Å². The molecule has 0 saturated carbocycles. The third kappa shape index (κ3) is 2.99. The largest absolute Gasteiger partial charge is 0.357 e. The van der Waals surface area contributed by atoms with Gasteiger partial charge in [0.25, 0.3) is 0 Å². The van der Waals surface area contributed by atoms with Crippen LogP contribution < -0.4 is 11.0 Å². The van der Waals surface area contributed by atoms with Crippen LogP contribution >= 0.6 is 12.4 Å². The van der Waals surface area contributed by atoms with E-state index in [2.05, 4.69) is 29.1 Å². The zero-order valence-corrected chi connectivity index (χ0v) is 12.7. The molecule has 0 unspecified atom stereocenters. The smallest absolute Gasteiger partial charge is 0.356 e. The predicted octanol–water partition coefficient (Wildman–Crippen LogP) is 2.22. The fraction of sp³-hybridized carbons (Fsp3) is 0.357. The van der Waals surface area contributed by atoms with Gasteiger partial charge in [-0.3, -0.25) is 4.57 Å². The summed E-state index contributed by atoms with van der Waals surface area (Å²) in [6.07, 6.45) is 3.27. The molecular weight excluding hydrogens is 276 g/mol. The van der Waals surface area contributed by atoms with Gasteiger partial charge >= 0.3 is 5.69 Å². The third-order valence-electron chi connectivity index (χ3n) is 3.13. The molecule has 2 rings (SSSR count). The fourth-order valence-corrected chi connectivity index (χ4v) is 2.13. The third-order valence-corrected chi connectivity index (χ3v) is 3.13. The highest BCUT2D eigenvalue weighted by atomic mass is 35.5. The Labute approximate surface area is 124 Å².